The van der Waals surface area contributed by atoms with Crippen LogP contribution >= 0.6 is 15.9 Å². The zero-order valence-corrected chi connectivity index (χ0v) is 14.3. The molecule has 118 valence electrons. The van der Waals surface area contributed by atoms with Crippen LogP contribution in [0.4, 0.5) is 0 Å². The molecule has 1 unspecified atom stereocenters. The van der Waals surface area contributed by atoms with Crippen molar-refractivity contribution in [2.45, 2.75) is 19.4 Å². The smallest absolute Gasteiger partial charge is 0.120 e. The van der Waals surface area contributed by atoms with Crippen molar-refractivity contribution in [1.29, 1.82) is 0 Å². The molecule has 1 fully saturated rings. The first kappa shape index (κ1) is 16.7. The summed E-state index contributed by atoms with van der Waals surface area (Å²) < 4.78 is 12.5. The van der Waals surface area contributed by atoms with Crippen molar-refractivity contribution < 1.29 is 9.47 Å². The van der Waals surface area contributed by atoms with Gasteiger partial charge in [-0.3, -0.25) is 4.90 Å². The molecule has 0 bridgehead atoms. The summed E-state index contributed by atoms with van der Waals surface area (Å²) in [4.78, 5) is 2.46. The molecule has 0 saturated carbocycles. The van der Waals surface area contributed by atoms with Gasteiger partial charge in [-0.2, -0.15) is 0 Å². The van der Waals surface area contributed by atoms with Crippen LogP contribution in [0.2, 0.25) is 0 Å². The molecule has 0 radical (unpaired) electrons. The molecule has 21 heavy (non-hydrogen) atoms. The van der Waals surface area contributed by atoms with E-state index in [0.717, 1.165) is 49.6 Å². The molecular formula is C16H25BrN2O2. The number of ether oxygens (including phenoxy) is 2. The zero-order valence-electron chi connectivity index (χ0n) is 12.7. The van der Waals surface area contributed by atoms with Gasteiger partial charge in [0, 0.05) is 30.1 Å². The number of hydrogen-bond donors (Lipinski definition) is 1. The number of nitrogens with one attached hydrogen (secondary N) is 1. The average Bonchev–Trinajstić information content (AvgIpc) is 2.49. The highest BCUT2D eigenvalue weighted by atomic mass is 79.9. The van der Waals surface area contributed by atoms with Crippen LogP contribution in [0.5, 0.6) is 5.75 Å². The molecule has 1 aromatic carbocycles. The largest absolute Gasteiger partial charge is 0.492 e. The second-order valence-corrected chi connectivity index (χ2v) is 6.19. The lowest BCUT2D eigenvalue weighted by Gasteiger charge is -2.35. The van der Waals surface area contributed by atoms with Gasteiger partial charge in [-0.1, -0.05) is 28.9 Å². The zero-order chi connectivity index (χ0) is 14.9. The van der Waals surface area contributed by atoms with Gasteiger partial charge in [-0.15, -0.1) is 0 Å². The Morgan fingerprint density at radius 2 is 2.38 bits per heavy atom. The molecule has 4 nitrogen and oxygen atoms in total. The van der Waals surface area contributed by atoms with Gasteiger partial charge in [-0.05, 0) is 31.2 Å². The lowest BCUT2D eigenvalue weighted by molar-refractivity contribution is -0.0114. The Balaban J connectivity index is 1.74. The average molecular weight is 357 g/mol. The normalized spacial score (nSPS) is 19.6. The third kappa shape index (κ3) is 5.94. The van der Waals surface area contributed by atoms with Crippen LogP contribution in [0.25, 0.3) is 0 Å². The molecule has 1 saturated heterocycles. The van der Waals surface area contributed by atoms with Crippen LogP contribution in [-0.2, 0) is 4.74 Å². The highest BCUT2D eigenvalue weighted by Crippen LogP contribution is 2.17. The fourth-order valence-electron chi connectivity index (χ4n) is 2.45. The second-order valence-electron chi connectivity index (χ2n) is 5.27. The summed E-state index contributed by atoms with van der Waals surface area (Å²) in [7, 11) is 0. The highest BCUT2D eigenvalue weighted by Gasteiger charge is 2.22. The molecular weight excluding hydrogens is 332 g/mol. The number of morpholine rings is 1. The van der Waals surface area contributed by atoms with E-state index in [-0.39, 0.29) is 0 Å². The maximum absolute atomic E-state index is 5.83. The molecule has 0 aliphatic carbocycles. The summed E-state index contributed by atoms with van der Waals surface area (Å²) in [5.74, 6) is 0.915. The quantitative estimate of drug-likeness (QED) is 0.725. The lowest BCUT2D eigenvalue weighted by Crippen LogP contribution is -2.51. The van der Waals surface area contributed by atoms with Crippen LogP contribution in [0.3, 0.4) is 0 Å². The van der Waals surface area contributed by atoms with Crippen molar-refractivity contribution in [3.05, 3.63) is 28.7 Å². The summed E-state index contributed by atoms with van der Waals surface area (Å²) in [5, 5.41) is 3.48. The highest BCUT2D eigenvalue weighted by molar-refractivity contribution is 9.10. The Morgan fingerprint density at radius 1 is 1.48 bits per heavy atom. The number of benzene rings is 1. The van der Waals surface area contributed by atoms with Gasteiger partial charge in [-0.25, -0.2) is 0 Å². The predicted molar refractivity (Wildman–Crippen MR) is 89.0 cm³/mol. The molecule has 5 heteroatoms. The molecule has 2 rings (SSSR count). The topological polar surface area (TPSA) is 33.7 Å². The Labute approximate surface area is 135 Å². The number of rotatable bonds is 8. The Hall–Kier alpha value is -0.620. The first-order valence-electron chi connectivity index (χ1n) is 7.70. The molecule has 1 atom stereocenters. The maximum Gasteiger partial charge on any atom is 0.120 e. The molecule has 0 aromatic heterocycles. The summed E-state index contributed by atoms with van der Waals surface area (Å²) >= 11 is 3.46. The van der Waals surface area contributed by atoms with Gasteiger partial charge in [0.1, 0.15) is 12.4 Å². The number of hydrogen-bond acceptors (Lipinski definition) is 4. The number of nitrogens with zero attached hydrogens (tertiary/aromatic N) is 1. The molecule has 1 N–H and O–H groups in total. The van der Waals surface area contributed by atoms with Crippen molar-refractivity contribution in [3.8, 4) is 5.75 Å². The van der Waals surface area contributed by atoms with Crippen LogP contribution in [0.15, 0.2) is 28.7 Å². The molecule has 1 heterocycles. The van der Waals surface area contributed by atoms with Crippen LogP contribution < -0.4 is 10.1 Å². The van der Waals surface area contributed by atoms with E-state index in [4.69, 9.17) is 9.47 Å². The summed E-state index contributed by atoms with van der Waals surface area (Å²) in [6.07, 6.45) is 1.17. The van der Waals surface area contributed by atoms with E-state index < -0.39 is 0 Å². The van der Waals surface area contributed by atoms with Crippen molar-refractivity contribution in [1.82, 2.24) is 10.2 Å². The monoisotopic (exact) mass is 356 g/mol. The van der Waals surface area contributed by atoms with Gasteiger partial charge in [0.25, 0.3) is 0 Å². The van der Waals surface area contributed by atoms with Crippen LogP contribution in [0, 0.1) is 0 Å². The van der Waals surface area contributed by atoms with Crippen molar-refractivity contribution in [3.63, 3.8) is 0 Å². The van der Waals surface area contributed by atoms with Gasteiger partial charge in [0.05, 0.1) is 13.2 Å². The van der Waals surface area contributed by atoms with Gasteiger partial charge in [0.2, 0.25) is 0 Å². The minimum Gasteiger partial charge on any atom is -0.492 e. The van der Waals surface area contributed by atoms with Crippen LogP contribution in [-0.4, -0.2) is 56.9 Å². The Morgan fingerprint density at radius 3 is 3.19 bits per heavy atom. The van der Waals surface area contributed by atoms with Crippen molar-refractivity contribution >= 4 is 15.9 Å². The minimum atomic E-state index is 0.455. The Kier molecular flexibility index (Phi) is 7.50. The fraction of sp³-hybridized carbons (Fsp3) is 0.625. The first-order chi connectivity index (χ1) is 10.3. The van der Waals surface area contributed by atoms with Gasteiger partial charge < -0.3 is 14.8 Å². The standard InChI is InChI=1S/C16H25BrN2O2/c1-2-6-18-12-15-13-20-9-7-19(15)8-10-21-16-5-3-4-14(17)11-16/h3-5,11,15,18H,2,6-10,12-13H2,1H3. The molecule has 0 spiro atoms. The van der Waals surface area contributed by atoms with E-state index in [1.54, 1.807) is 0 Å². The first-order valence-corrected chi connectivity index (χ1v) is 8.49. The summed E-state index contributed by atoms with van der Waals surface area (Å²) in [5.41, 5.74) is 0. The summed E-state index contributed by atoms with van der Waals surface area (Å²) in [6.45, 7) is 8.52. The van der Waals surface area contributed by atoms with Crippen molar-refractivity contribution in [2.75, 3.05) is 46.0 Å². The van der Waals surface area contributed by atoms with Gasteiger partial charge >= 0.3 is 0 Å². The van der Waals surface area contributed by atoms with E-state index in [1.807, 2.05) is 24.3 Å². The molecule has 1 aliphatic rings. The van der Waals surface area contributed by atoms with E-state index in [9.17, 15) is 0 Å². The van der Waals surface area contributed by atoms with E-state index in [0.29, 0.717) is 12.6 Å². The minimum absolute atomic E-state index is 0.455. The third-order valence-electron chi connectivity index (χ3n) is 3.60. The molecule has 1 aliphatic heterocycles. The molecule has 0 amide bonds. The van der Waals surface area contributed by atoms with E-state index >= 15 is 0 Å². The molecule has 1 aromatic rings. The second kappa shape index (κ2) is 9.41. The fourth-order valence-corrected chi connectivity index (χ4v) is 2.83. The summed E-state index contributed by atoms with van der Waals surface area (Å²) in [6, 6.07) is 8.44. The number of halogens is 1. The van der Waals surface area contributed by atoms with E-state index in [1.165, 1.54) is 6.42 Å². The van der Waals surface area contributed by atoms with Crippen molar-refractivity contribution in [2.24, 2.45) is 0 Å². The van der Waals surface area contributed by atoms with Crippen LogP contribution in [0.1, 0.15) is 13.3 Å². The predicted octanol–water partition coefficient (Wildman–Crippen LogP) is 2.53. The van der Waals surface area contributed by atoms with E-state index in [2.05, 4.69) is 33.1 Å². The maximum atomic E-state index is 5.83. The lowest BCUT2D eigenvalue weighted by atomic mass is 10.2. The Bertz CT molecular complexity index is 417. The van der Waals surface area contributed by atoms with Gasteiger partial charge in [0.15, 0.2) is 0 Å². The third-order valence-corrected chi connectivity index (χ3v) is 4.09. The SMILES string of the molecule is CCCNCC1COCCN1CCOc1cccc(Br)c1.